The SMILES string of the molecule is CCOCc1ocnc1CCl. The lowest BCUT2D eigenvalue weighted by Gasteiger charge is -1.97. The van der Waals surface area contributed by atoms with Crippen LogP contribution < -0.4 is 0 Å². The van der Waals surface area contributed by atoms with Crippen LogP contribution in [-0.4, -0.2) is 11.6 Å². The van der Waals surface area contributed by atoms with Crippen LogP contribution in [0.4, 0.5) is 0 Å². The molecular formula is C7H10ClNO2. The summed E-state index contributed by atoms with van der Waals surface area (Å²) in [5.41, 5.74) is 0.764. The van der Waals surface area contributed by atoms with Gasteiger partial charge in [-0.15, -0.1) is 11.6 Å². The van der Waals surface area contributed by atoms with E-state index in [2.05, 4.69) is 4.98 Å². The molecule has 0 bridgehead atoms. The first kappa shape index (κ1) is 8.56. The number of halogens is 1. The van der Waals surface area contributed by atoms with Crippen LogP contribution >= 0.6 is 11.6 Å². The lowest BCUT2D eigenvalue weighted by molar-refractivity contribution is 0.117. The Morgan fingerprint density at radius 3 is 3.18 bits per heavy atom. The maximum atomic E-state index is 5.57. The summed E-state index contributed by atoms with van der Waals surface area (Å²) in [6, 6.07) is 0. The Morgan fingerprint density at radius 1 is 1.73 bits per heavy atom. The van der Waals surface area contributed by atoms with Crippen molar-refractivity contribution in [3.8, 4) is 0 Å². The molecule has 0 aliphatic heterocycles. The molecule has 3 nitrogen and oxygen atoms in total. The fraction of sp³-hybridized carbons (Fsp3) is 0.571. The van der Waals surface area contributed by atoms with E-state index < -0.39 is 0 Å². The van der Waals surface area contributed by atoms with E-state index in [0.717, 1.165) is 11.5 Å². The van der Waals surface area contributed by atoms with Crippen LogP contribution in [0.15, 0.2) is 10.8 Å². The maximum Gasteiger partial charge on any atom is 0.181 e. The van der Waals surface area contributed by atoms with Gasteiger partial charge in [0, 0.05) is 6.61 Å². The molecule has 1 aromatic rings. The Hall–Kier alpha value is -0.540. The number of rotatable bonds is 4. The zero-order valence-electron chi connectivity index (χ0n) is 6.34. The fourth-order valence-electron chi connectivity index (χ4n) is 0.715. The maximum absolute atomic E-state index is 5.57. The van der Waals surface area contributed by atoms with Crippen LogP contribution in [-0.2, 0) is 17.2 Å². The molecule has 0 radical (unpaired) electrons. The monoisotopic (exact) mass is 175 g/mol. The van der Waals surface area contributed by atoms with Crippen molar-refractivity contribution < 1.29 is 9.15 Å². The predicted molar refractivity (Wildman–Crippen MR) is 41.4 cm³/mol. The first-order valence-electron chi connectivity index (χ1n) is 3.43. The van der Waals surface area contributed by atoms with Crippen LogP contribution in [0.2, 0.25) is 0 Å². The van der Waals surface area contributed by atoms with Gasteiger partial charge in [-0.05, 0) is 6.92 Å². The molecule has 1 aromatic heterocycles. The second-order valence-corrected chi connectivity index (χ2v) is 2.26. The van der Waals surface area contributed by atoms with E-state index in [1.807, 2.05) is 6.92 Å². The van der Waals surface area contributed by atoms with Gasteiger partial charge in [0.1, 0.15) is 6.61 Å². The molecule has 0 saturated heterocycles. The molecule has 4 heteroatoms. The Bertz CT molecular complexity index is 212. The summed E-state index contributed by atoms with van der Waals surface area (Å²) in [7, 11) is 0. The number of alkyl halides is 1. The van der Waals surface area contributed by atoms with Crippen LogP contribution in [0, 0.1) is 0 Å². The van der Waals surface area contributed by atoms with E-state index in [1.165, 1.54) is 6.39 Å². The van der Waals surface area contributed by atoms with Gasteiger partial charge in [-0.2, -0.15) is 0 Å². The Kier molecular flexibility index (Phi) is 3.39. The Balaban J connectivity index is 2.54. The second kappa shape index (κ2) is 4.36. The summed E-state index contributed by atoms with van der Waals surface area (Å²) < 4.78 is 10.2. The molecule has 0 fully saturated rings. The first-order valence-corrected chi connectivity index (χ1v) is 3.96. The van der Waals surface area contributed by atoms with Gasteiger partial charge < -0.3 is 9.15 Å². The van der Waals surface area contributed by atoms with Crippen molar-refractivity contribution in [1.29, 1.82) is 0 Å². The minimum atomic E-state index is 0.374. The number of hydrogen-bond acceptors (Lipinski definition) is 3. The molecule has 0 aromatic carbocycles. The molecule has 0 aliphatic rings. The smallest absolute Gasteiger partial charge is 0.181 e. The third-order valence-electron chi connectivity index (χ3n) is 1.29. The van der Waals surface area contributed by atoms with E-state index in [1.54, 1.807) is 0 Å². The quantitative estimate of drug-likeness (QED) is 0.657. The van der Waals surface area contributed by atoms with Crippen molar-refractivity contribution in [3.05, 3.63) is 17.8 Å². The van der Waals surface area contributed by atoms with Crippen molar-refractivity contribution >= 4 is 11.6 Å². The topological polar surface area (TPSA) is 35.3 Å². The van der Waals surface area contributed by atoms with Crippen molar-refractivity contribution in [3.63, 3.8) is 0 Å². The van der Waals surface area contributed by atoms with E-state index in [-0.39, 0.29) is 0 Å². The summed E-state index contributed by atoms with van der Waals surface area (Å²) in [5.74, 6) is 1.10. The third kappa shape index (κ3) is 2.20. The van der Waals surface area contributed by atoms with Gasteiger partial charge in [0.15, 0.2) is 12.2 Å². The highest BCUT2D eigenvalue weighted by Crippen LogP contribution is 2.10. The number of aromatic nitrogens is 1. The average molecular weight is 176 g/mol. The van der Waals surface area contributed by atoms with Gasteiger partial charge in [-0.3, -0.25) is 0 Å². The molecule has 1 heterocycles. The minimum absolute atomic E-state index is 0.374. The molecular weight excluding hydrogens is 166 g/mol. The largest absolute Gasteiger partial charge is 0.446 e. The molecule has 0 N–H and O–H groups in total. The number of hydrogen-bond donors (Lipinski definition) is 0. The Labute approximate surface area is 70.3 Å². The summed E-state index contributed by atoms with van der Waals surface area (Å²) in [5, 5.41) is 0. The standard InChI is InChI=1S/C7H10ClNO2/c1-2-10-4-7-6(3-8)9-5-11-7/h5H,2-4H2,1H3. The summed E-state index contributed by atoms with van der Waals surface area (Å²) in [4.78, 5) is 3.91. The van der Waals surface area contributed by atoms with Crippen LogP contribution in [0.5, 0.6) is 0 Å². The number of oxazole rings is 1. The van der Waals surface area contributed by atoms with Crippen molar-refractivity contribution in [2.45, 2.75) is 19.4 Å². The van der Waals surface area contributed by atoms with Gasteiger partial charge in [-0.25, -0.2) is 4.98 Å². The zero-order chi connectivity index (χ0) is 8.10. The fourth-order valence-corrected chi connectivity index (χ4v) is 0.933. The van der Waals surface area contributed by atoms with E-state index in [0.29, 0.717) is 19.1 Å². The molecule has 0 spiro atoms. The highest BCUT2D eigenvalue weighted by Gasteiger charge is 2.05. The van der Waals surface area contributed by atoms with E-state index in [9.17, 15) is 0 Å². The van der Waals surface area contributed by atoms with Crippen LogP contribution in [0.1, 0.15) is 18.4 Å². The second-order valence-electron chi connectivity index (χ2n) is 1.99. The van der Waals surface area contributed by atoms with Gasteiger partial charge in [0.2, 0.25) is 0 Å². The minimum Gasteiger partial charge on any atom is -0.446 e. The van der Waals surface area contributed by atoms with Gasteiger partial charge >= 0.3 is 0 Å². The summed E-state index contributed by atoms with van der Waals surface area (Å²) in [6.07, 6.45) is 1.38. The van der Waals surface area contributed by atoms with Gasteiger partial charge in [-0.1, -0.05) is 0 Å². The first-order chi connectivity index (χ1) is 5.38. The molecule has 0 amide bonds. The average Bonchev–Trinajstić information content (AvgIpc) is 2.47. The van der Waals surface area contributed by atoms with E-state index in [4.69, 9.17) is 20.8 Å². The van der Waals surface area contributed by atoms with Gasteiger partial charge in [0.25, 0.3) is 0 Å². The van der Waals surface area contributed by atoms with Crippen LogP contribution in [0.3, 0.4) is 0 Å². The lowest BCUT2D eigenvalue weighted by Crippen LogP contribution is -1.93. The number of nitrogens with zero attached hydrogens (tertiary/aromatic N) is 1. The molecule has 0 atom stereocenters. The molecule has 1 rings (SSSR count). The van der Waals surface area contributed by atoms with Crippen molar-refractivity contribution in [1.82, 2.24) is 4.98 Å². The summed E-state index contributed by atoms with van der Waals surface area (Å²) in [6.45, 7) is 3.05. The lowest BCUT2D eigenvalue weighted by atomic mass is 10.4. The van der Waals surface area contributed by atoms with E-state index >= 15 is 0 Å². The van der Waals surface area contributed by atoms with Crippen LogP contribution in [0.25, 0.3) is 0 Å². The van der Waals surface area contributed by atoms with Crippen molar-refractivity contribution in [2.24, 2.45) is 0 Å². The molecule has 11 heavy (non-hydrogen) atoms. The molecule has 0 saturated carbocycles. The Morgan fingerprint density at radius 2 is 2.55 bits per heavy atom. The third-order valence-corrected chi connectivity index (χ3v) is 1.54. The van der Waals surface area contributed by atoms with Crippen molar-refractivity contribution in [2.75, 3.05) is 6.61 Å². The highest BCUT2D eigenvalue weighted by atomic mass is 35.5. The number of ether oxygens (including phenoxy) is 1. The summed E-state index contributed by atoms with van der Waals surface area (Å²) >= 11 is 5.57. The zero-order valence-corrected chi connectivity index (χ0v) is 7.10. The van der Waals surface area contributed by atoms with Gasteiger partial charge in [0.05, 0.1) is 11.6 Å². The normalized spacial score (nSPS) is 10.4. The highest BCUT2D eigenvalue weighted by molar-refractivity contribution is 6.16. The predicted octanol–water partition coefficient (Wildman–Crippen LogP) is 1.95. The molecule has 62 valence electrons. The molecule has 0 unspecified atom stereocenters. The molecule has 0 aliphatic carbocycles.